The van der Waals surface area contributed by atoms with Gasteiger partial charge in [-0.1, -0.05) is 44.2 Å². The maximum atomic E-state index is 6.39. The van der Waals surface area contributed by atoms with Crippen molar-refractivity contribution in [3.63, 3.8) is 0 Å². The molecule has 0 heterocycles. The normalized spacial score (nSPS) is 12.5. The predicted molar refractivity (Wildman–Crippen MR) is 84.3 cm³/mol. The summed E-state index contributed by atoms with van der Waals surface area (Å²) in [5.41, 5.74) is 11.2. The second-order valence-corrected chi connectivity index (χ2v) is 5.52. The lowest BCUT2D eigenvalue weighted by Crippen LogP contribution is -2.13. The quantitative estimate of drug-likeness (QED) is 0.904. The molecule has 0 bridgehead atoms. The van der Waals surface area contributed by atoms with Crippen molar-refractivity contribution in [1.82, 2.24) is 0 Å². The Hall–Kier alpha value is -1.80. The molecule has 0 spiro atoms. The highest BCUT2D eigenvalue weighted by Gasteiger charge is 2.12. The first-order valence-corrected chi connectivity index (χ1v) is 7.03. The molecule has 0 amide bonds. The molecule has 0 saturated carbocycles. The van der Waals surface area contributed by atoms with Crippen LogP contribution >= 0.6 is 0 Å². The molecule has 0 fully saturated rings. The van der Waals surface area contributed by atoms with Crippen LogP contribution in [0, 0.1) is 6.92 Å². The van der Waals surface area contributed by atoms with Gasteiger partial charge in [0, 0.05) is 0 Å². The number of nitrogens with two attached hydrogens (primary N) is 1. The van der Waals surface area contributed by atoms with Crippen molar-refractivity contribution >= 4 is 0 Å². The van der Waals surface area contributed by atoms with Gasteiger partial charge in [-0.25, -0.2) is 0 Å². The molecule has 1 unspecified atom stereocenters. The SMILES string of the molecule is COc1ccc(C(N)c2ccc(C(C)C)cc2)c(C)c1. The van der Waals surface area contributed by atoms with Crippen LogP contribution in [0.1, 0.15) is 48.1 Å². The molecule has 2 aromatic rings. The van der Waals surface area contributed by atoms with Crippen LogP contribution in [0.5, 0.6) is 5.75 Å². The van der Waals surface area contributed by atoms with Crippen LogP contribution in [0.25, 0.3) is 0 Å². The first-order valence-electron chi connectivity index (χ1n) is 7.03. The molecule has 0 aliphatic carbocycles. The molecule has 0 aliphatic heterocycles. The van der Waals surface area contributed by atoms with Crippen LogP contribution < -0.4 is 10.5 Å². The summed E-state index contributed by atoms with van der Waals surface area (Å²) in [5.74, 6) is 1.41. The molecule has 2 aromatic carbocycles. The van der Waals surface area contributed by atoms with Gasteiger partial charge in [-0.2, -0.15) is 0 Å². The molecular weight excluding hydrogens is 246 g/mol. The van der Waals surface area contributed by atoms with E-state index in [-0.39, 0.29) is 6.04 Å². The standard InChI is InChI=1S/C18H23NO/c1-12(2)14-5-7-15(8-6-14)18(19)17-10-9-16(20-4)11-13(17)3/h5-12,18H,19H2,1-4H3. The third-order valence-electron chi connectivity index (χ3n) is 3.77. The summed E-state index contributed by atoms with van der Waals surface area (Å²) in [5, 5.41) is 0. The monoisotopic (exact) mass is 269 g/mol. The van der Waals surface area contributed by atoms with Gasteiger partial charge in [-0.05, 0) is 47.2 Å². The molecule has 2 nitrogen and oxygen atoms in total. The summed E-state index contributed by atoms with van der Waals surface area (Å²) in [7, 11) is 1.68. The zero-order chi connectivity index (χ0) is 14.7. The smallest absolute Gasteiger partial charge is 0.119 e. The van der Waals surface area contributed by atoms with Gasteiger partial charge in [-0.3, -0.25) is 0 Å². The van der Waals surface area contributed by atoms with Crippen molar-refractivity contribution in [3.8, 4) is 5.75 Å². The van der Waals surface area contributed by atoms with E-state index in [9.17, 15) is 0 Å². The van der Waals surface area contributed by atoms with E-state index in [4.69, 9.17) is 10.5 Å². The van der Waals surface area contributed by atoms with Crippen LogP contribution in [-0.2, 0) is 0 Å². The summed E-state index contributed by atoms with van der Waals surface area (Å²) >= 11 is 0. The fourth-order valence-electron chi connectivity index (χ4n) is 2.39. The van der Waals surface area contributed by atoms with Gasteiger partial charge in [0.2, 0.25) is 0 Å². The van der Waals surface area contributed by atoms with Crippen molar-refractivity contribution in [2.75, 3.05) is 7.11 Å². The Kier molecular flexibility index (Phi) is 4.46. The topological polar surface area (TPSA) is 35.2 Å². The Morgan fingerprint density at radius 3 is 2.05 bits per heavy atom. The molecule has 0 saturated heterocycles. The summed E-state index contributed by atoms with van der Waals surface area (Å²) in [6.07, 6.45) is 0. The first-order chi connectivity index (χ1) is 9.52. The summed E-state index contributed by atoms with van der Waals surface area (Å²) in [6.45, 7) is 6.46. The van der Waals surface area contributed by atoms with Crippen molar-refractivity contribution in [3.05, 3.63) is 64.7 Å². The van der Waals surface area contributed by atoms with Crippen LogP contribution in [0.2, 0.25) is 0 Å². The predicted octanol–water partition coefficient (Wildman–Crippen LogP) is 4.18. The average Bonchev–Trinajstić information content (AvgIpc) is 2.46. The summed E-state index contributed by atoms with van der Waals surface area (Å²) < 4.78 is 5.24. The summed E-state index contributed by atoms with van der Waals surface area (Å²) in [4.78, 5) is 0. The fourth-order valence-corrected chi connectivity index (χ4v) is 2.39. The molecule has 0 aromatic heterocycles. The van der Waals surface area contributed by atoms with Crippen molar-refractivity contribution < 1.29 is 4.74 Å². The lowest BCUT2D eigenvalue weighted by atomic mass is 9.93. The van der Waals surface area contributed by atoms with E-state index >= 15 is 0 Å². The molecular formula is C18H23NO. The Bertz CT molecular complexity index is 572. The van der Waals surface area contributed by atoms with Crippen molar-refractivity contribution in [1.29, 1.82) is 0 Å². The van der Waals surface area contributed by atoms with Crippen LogP contribution in [0.4, 0.5) is 0 Å². The molecule has 20 heavy (non-hydrogen) atoms. The first kappa shape index (κ1) is 14.6. The number of benzene rings is 2. The molecule has 2 rings (SSSR count). The maximum Gasteiger partial charge on any atom is 0.119 e. The molecule has 0 aliphatic rings. The van der Waals surface area contributed by atoms with Crippen LogP contribution in [0.15, 0.2) is 42.5 Å². The van der Waals surface area contributed by atoms with Gasteiger partial charge in [0.1, 0.15) is 5.75 Å². The van der Waals surface area contributed by atoms with Gasteiger partial charge in [0.25, 0.3) is 0 Å². The van der Waals surface area contributed by atoms with Crippen LogP contribution in [0.3, 0.4) is 0 Å². The average molecular weight is 269 g/mol. The van der Waals surface area contributed by atoms with E-state index in [0.717, 1.165) is 22.4 Å². The highest BCUT2D eigenvalue weighted by molar-refractivity contribution is 5.41. The van der Waals surface area contributed by atoms with Gasteiger partial charge in [0.15, 0.2) is 0 Å². The third-order valence-corrected chi connectivity index (χ3v) is 3.77. The van der Waals surface area contributed by atoms with Gasteiger partial charge in [0.05, 0.1) is 13.2 Å². The van der Waals surface area contributed by atoms with Gasteiger partial charge < -0.3 is 10.5 Å². The minimum absolute atomic E-state index is 0.0953. The lowest BCUT2D eigenvalue weighted by Gasteiger charge is -2.17. The highest BCUT2D eigenvalue weighted by Crippen LogP contribution is 2.26. The van der Waals surface area contributed by atoms with Gasteiger partial charge >= 0.3 is 0 Å². The summed E-state index contributed by atoms with van der Waals surface area (Å²) in [6, 6.07) is 14.5. The van der Waals surface area contributed by atoms with E-state index in [1.807, 2.05) is 12.1 Å². The van der Waals surface area contributed by atoms with E-state index in [2.05, 4.69) is 51.1 Å². The molecule has 1 atom stereocenters. The maximum absolute atomic E-state index is 6.39. The number of methoxy groups -OCH3 is 1. The minimum Gasteiger partial charge on any atom is -0.497 e. The number of ether oxygens (including phenoxy) is 1. The second kappa shape index (κ2) is 6.10. The number of hydrogen-bond acceptors (Lipinski definition) is 2. The molecule has 2 N–H and O–H groups in total. The highest BCUT2D eigenvalue weighted by atomic mass is 16.5. The largest absolute Gasteiger partial charge is 0.497 e. The zero-order valence-corrected chi connectivity index (χ0v) is 12.7. The third kappa shape index (κ3) is 3.02. The Morgan fingerprint density at radius 2 is 1.55 bits per heavy atom. The zero-order valence-electron chi connectivity index (χ0n) is 12.7. The van der Waals surface area contributed by atoms with Crippen LogP contribution in [-0.4, -0.2) is 7.11 Å². The second-order valence-electron chi connectivity index (χ2n) is 5.52. The van der Waals surface area contributed by atoms with E-state index in [0.29, 0.717) is 5.92 Å². The number of hydrogen-bond donors (Lipinski definition) is 1. The fraction of sp³-hybridized carbons (Fsp3) is 0.333. The molecule has 106 valence electrons. The Labute approximate surface area is 121 Å². The van der Waals surface area contributed by atoms with E-state index in [1.165, 1.54) is 5.56 Å². The van der Waals surface area contributed by atoms with Crippen molar-refractivity contribution in [2.24, 2.45) is 5.73 Å². The number of aryl methyl sites for hydroxylation is 1. The molecule has 0 radical (unpaired) electrons. The van der Waals surface area contributed by atoms with E-state index in [1.54, 1.807) is 7.11 Å². The van der Waals surface area contributed by atoms with Gasteiger partial charge in [-0.15, -0.1) is 0 Å². The number of rotatable bonds is 4. The Balaban J connectivity index is 2.28. The minimum atomic E-state index is -0.0953. The van der Waals surface area contributed by atoms with E-state index < -0.39 is 0 Å². The Morgan fingerprint density at radius 1 is 0.950 bits per heavy atom. The lowest BCUT2D eigenvalue weighted by molar-refractivity contribution is 0.414. The molecule has 2 heteroatoms. The van der Waals surface area contributed by atoms with Crippen molar-refractivity contribution in [2.45, 2.75) is 32.7 Å².